The summed E-state index contributed by atoms with van der Waals surface area (Å²) in [6.45, 7) is 2.51. The van der Waals surface area contributed by atoms with Crippen LogP contribution in [0.15, 0.2) is 4.99 Å². The molecule has 1 unspecified atom stereocenters. The lowest BCUT2D eigenvalue weighted by Crippen LogP contribution is -2.30. The molecule has 0 spiro atoms. The average Bonchev–Trinajstić information content (AvgIpc) is 2.72. The molecule has 0 amide bonds. The van der Waals surface area contributed by atoms with Crippen LogP contribution in [0, 0.1) is 0 Å². The molecule has 2 heterocycles. The number of rotatable bonds is 2. The van der Waals surface area contributed by atoms with Crippen molar-refractivity contribution in [1.82, 2.24) is 4.90 Å². The lowest BCUT2D eigenvalue weighted by molar-refractivity contribution is 0.269. The van der Waals surface area contributed by atoms with E-state index >= 15 is 0 Å². The number of hydrogen-bond acceptors (Lipinski definition) is 3. The van der Waals surface area contributed by atoms with Gasteiger partial charge in [0.15, 0.2) is 0 Å². The Bertz CT molecular complexity index is 265. The lowest BCUT2D eigenvalue weighted by atomic mass is 10.1. The smallest absolute Gasteiger partial charge is 0.0993 e. The highest BCUT2D eigenvalue weighted by atomic mass is 16.3. The maximum atomic E-state index is 9.05. The number of aliphatic imine (C=N–C) groups is 1. The Morgan fingerprint density at radius 1 is 1.00 bits per heavy atom. The predicted octanol–water partition coefficient (Wildman–Crippen LogP) is 2.98. The van der Waals surface area contributed by atoms with Crippen LogP contribution in [0.5, 0.6) is 0 Å². The minimum absolute atomic E-state index is 0.273. The number of aliphatic hydroxyl groups is 1. The van der Waals surface area contributed by atoms with Crippen molar-refractivity contribution in [2.45, 2.75) is 70.3 Å². The second-order valence-electron chi connectivity index (χ2n) is 5.74. The third kappa shape index (κ3) is 4.27. The molecule has 1 saturated heterocycles. The maximum Gasteiger partial charge on any atom is 0.0993 e. The summed E-state index contributed by atoms with van der Waals surface area (Å²) in [5, 5.41) is 9.05. The average molecular weight is 252 g/mol. The molecule has 18 heavy (non-hydrogen) atoms. The second-order valence-corrected chi connectivity index (χ2v) is 5.74. The van der Waals surface area contributed by atoms with Gasteiger partial charge in [-0.1, -0.05) is 38.5 Å². The number of hydrogen-bond donors (Lipinski definition) is 1. The summed E-state index contributed by atoms with van der Waals surface area (Å²) in [5.74, 6) is 1.33. The Hall–Kier alpha value is -0.570. The molecular weight excluding hydrogens is 224 g/mol. The van der Waals surface area contributed by atoms with E-state index in [4.69, 9.17) is 10.1 Å². The molecule has 0 aromatic carbocycles. The molecule has 1 atom stereocenters. The van der Waals surface area contributed by atoms with Gasteiger partial charge in [-0.3, -0.25) is 4.99 Å². The summed E-state index contributed by atoms with van der Waals surface area (Å²) < 4.78 is 0. The number of fused-ring (bicyclic) bond motifs is 1. The van der Waals surface area contributed by atoms with Crippen molar-refractivity contribution in [3.05, 3.63) is 0 Å². The largest absolute Gasteiger partial charge is 0.396 e. The number of aliphatic hydroxyl groups excluding tert-OH is 1. The molecule has 2 aliphatic rings. The third-order valence-corrected chi connectivity index (χ3v) is 4.17. The second kappa shape index (κ2) is 7.78. The van der Waals surface area contributed by atoms with E-state index in [0.717, 1.165) is 19.4 Å². The molecule has 3 nitrogen and oxygen atoms in total. The minimum atomic E-state index is 0.273. The van der Waals surface area contributed by atoms with E-state index < -0.39 is 0 Å². The Morgan fingerprint density at radius 2 is 1.67 bits per heavy atom. The molecule has 2 aliphatic heterocycles. The fourth-order valence-electron chi connectivity index (χ4n) is 3.09. The summed E-state index contributed by atoms with van der Waals surface area (Å²) in [7, 11) is 0. The Morgan fingerprint density at radius 3 is 2.39 bits per heavy atom. The summed E-state index contributed by atoms with van der Waals surface area (Å²) in [6.07, 6.45) is 13.0. The van der Waals surface area contributed by atoms with Gasteiger partial charge in [0.05, 0.1) is 11.9 Å². The van der Waals surface area contributed by atoms with Crippen LogP contribution >= 0.6 is 0 Å². The van der Waals surface area contributed by atoms with Crippen LogP contribution in [0.4, 0.5) is 0 Å². The van der Waals surface area contributed by atoms with E-state index in [0.29, 0.717) is 6.04 Å². The van der Waals surface area contributed by atoms with Gasteiger partial charge < -0.3 is 10.0 Å². The van der Waals surface area contributed by atoms with Crippen molar-refractivity contribution in [3.8, 4) is 0 Å². The van der Waals surface area contributed by atoms with Crippen LogP contribution in [0.3, 0.4) is 0 Å². The molecule has 104 valence electrons. The molecule has 0 aliphatic carbocycles. The first-order valence-corrected chi connectivity index (χ1v) is 7.82. The van der Waals surface area contributed by atoms with E-state index in [1.807, 2.05) is 0 Å². The first-order valence-electron chi connectivity index (χ1n) is 7.82. The summed E-state index contributed by atoms with van der Waals surface area (Å²) in [6, 6.07) is 0.357. The van der Waals surface area contributed by atoms with E-state index in [9.17, 15) is 0 Å². The van der Waals surface area contributed by atoms with E-state index in [1.54, 1.807) is 0 Å². The fraction of sp³-hybridized carbons (Fsp3) is 0.933. The van der Waals surface area contributed by atoms with Crippen molar-refractivity contribution in [2.24, 2.45) is 4.99 Å². The fourth-order valence-corrected chi connectivity index (χ4v) is 3.09. The number of nitrogens with zero attached hydrogens (tertiary/aromatic N) is 2. The van der Waals surface area contributed by atoms with Gasteiger partial charge in [0.25, 0.3) is 0 Å². The Balaban J connectivity index is 1.87. The zero-order chi connectivity index (χ0) is 12.6. The van der Waals surface area contributed by atoms with Gasteiger partial charge in [-0.2, -0.15) is 0 Å². The van der Waals surface area contributed by atoms with Gasteiger partial charge >= 0.3 is 0 Å². The van der Waals surface area contributed by atoms with E-state index in [1.165, 1.54) is 63.7 Å². The predicted molar refractivity (Wildman–Crippen MR) is 76.1 cm³/mol. The monoisotopic (exact) mass is 252 g/mol. The highest BCUT2D eigenvalue weighted by Crippen LogP contribution is 2.19. The van der Waals surface area contributed by atoms with Crippen LogP contribution in [0.1, 0.15) is 64.2 Å². The van der Waals surface area contributed by atoms with Crippen LogP contribution in [-0.4, -0.2) is 41.6 Å². The third-order valence-electron chi connectivity index (χ3n) is 4.17. The SMILES string of the molecule is OCCC1CN2CCCCCCCCCCC2=N1. The molecular formula is C15H28N2O. The van der Waals surface area contributed by atoms with Crippen molar-refractivity contribution in [2.75, 3.05) is 19.7 Å². The first-order chi connectivity index (χ1) is 8.90. The van der Waals surface area contributed by atoms with Gasteiger partial charge in [0.1, 0.15) is 0 Å². The normalized spacial score (nSPS) is 27.1. The molecule has 0 radical (unpaired) electrons. The topological polar surface area (TPSA) is 35.8 Å². The molecule has 0 aromatic rings. The summed E-state index contributed by atoms with van der Waals surface area (Å²) >= 11 is 0. The molecule has 0 aromatic heterocycles. The molecule has 3 heteroatoms. The molecule has 0 bridgehead atoms. The molecule has 1 fully saturated rings. The van der Waals surface area contributed by atoms with Gasteiger partial charge in [0, 0.05) is 26.1 Å². The summed E-state index contributed by atoms with van der Waals surface area (Å²) in [4.78, 5) is 7.30. The standard InChI is InChI=1S/C15H28N2O/c18-12-10-14-13-17-11-8-6-4-2-1-3-5-7-9-15(17)16-14/h14,18H,1-13H2. The number of amidine groups is 1. The quantitative estimate of drug-likeness (QED) is 0.820. The highest BCUT2D eigenvalue weighted by Gasteiger charge is 2.23. The molecule has 2 rings (SSSR count). The van der Waals surface area contributed by atoms with Crippen molar-refractivity contribution >= 4 is 5.84 Å². The van der Waals surface area contributed by atoms with Gasteiger partial charge in [0.2, 0.25) is 0 Å². The van der Waals surface area contributed by atoms with Crippen molar-refractivity contribution < 1.29 is 5.11 Å². The lowest BCUT2D eigenvalue weighted by Gasteiger charge is -2.21. The Kier molecular flexibility index (Phi) is 5.98. The van der Waals surface area contributed by atoms with Crippen LogP contribution in [0.25, 0.3) is 0 Å². The minimum Gasteiger partial charge on any atom is -0.396 e. The van der Waals surface area contributed by atoms with Crippen molar-refractivity contribution in [3.63, 3.8) is 0 Å². The van der Waals surface area contributed by atoms with Crippen LogP contribution < -0.4 is 0 Å². The Labute approximate surface area is 111 Å². The van der Waals surface area contributed by atoms with Gasteiger partial charge in [-0.05, 0) is 19.3 Å². The van der Waals surface area contributed by atoms with Gasteiger partial charge in [-0.15, -0.1) is 0 Å². The van der Waals surface area contributed by atoms with E-state index in [-0.39, 0.29) is 6.61 Å². The van der Waals surface area contributed by atoms with Gasteiger partial charge in [-0.25, -0.2) is 0 Å². The zero-order valence-corrected chi connectivity index (χ0v) is 11.6. The molecule has 1 N–H and O–H groups in total. The zero-order valence-electron chi connectivity index (χ0n) is 11.6. The highest BCUT2D eigenvalue weighted by molar-refractivity contribution is 5.84. The maximum absolute atomic E-state index is 9.05. The van der Waals surface area contributed by atoms with E-state index in [2.05, 4.69) is 4.90 Å². The van der Waals surface area contributed by atoms with Crippen molar-refractivity contribution in [1.29, 1.82) is 0 Å². The first kappa shape index (κ1) is 13.9. The summed E-state index contributed by atoms with van der Waals surface area (Å²) in [5.41, 5.74) is 0. The van der Waals surface area contributed by atoms with Crippen LogP contribution in [-0.2, 0) is 0 Å². The molecule has 0 saturated carbocycles. The van der Waals surface area contributed by atoms with Crippen LogP contribution in [0.2, 0.25) is 0 Å².